The van der Waals surface area contributed by atoms with E-state index >= 15 is 0 Å². The van der Waals surface area contributed by atoms with Crippen LogP contribution in [0.4, 0.5) is 13.2 Å². The van der Waals surface area contributed by atoms with Crippen molar-refractivity contribution in [1.29, 1.82) is 0 Å². The van der Waals surface area contributed by atoms with Gasteiger partial charge in [-0.05, 0) is 17.6 Å². The Morgan fingerprint density at radius 1 is 1.26 bits per heavy atom. The number of nitrogens with zero attached hydrogens (tertiary/aromatic N) is 2. The van der Waals surface area contributed by atoms with Gasteiger partial charge in [0.15, 0.2) is 6.29 Å². The SMILES string of the molecule is CC(C)(C)[C@H](NC(=O)C1=C2C=CC=CN2C(N2CCOCC2)N1)C(F)(F)F. The number of morpholine rings is 1. The van der Waals surface area contributed by atoms with Gasteiger partial charge in [0.1, 0.15) is 11.7 Å². The summed E-state index contributed by atoms with van der Waals surface area (Å²) in [6.45, 7) is 6.85. The van der Waals surface area contributed by atoms with Gasteiger partial charge >= 0.3 is 6.18 Å². The first-order valence-electron chi connectivity index (χ1n) is 8.92. The van der Waals surface area contributed by atoms with Crippen molar-refractivity contribution in [1.82, 2.24) is 20.4 Å². The number of hydrogen-bond acceptors (Lipinski definition) is 5. The number of halogens is 3. The normalized spacial score (nSPS) is 24.7. The third kappa shape index (κ3) is 4.14. The molecule has 1 saturated heterocycles. The van der Waals surface area contributed by atoms with E-state index in [1.165, 1.54) is 20.8 Å². The van der Waals surface area contributed by atoms with Gasteiger partial charge < -0.3 is 20.3 Å². The molecule has 0 spiro atoms. The van der Waals surface area contributed by atoms with E-state index < -0.39 is 23.5 Å². The smallest absolute Gasteiger partial charge is 0.379 e. The lowest BCUT2D eigenvalue weighted by molar-refractivity contribution is -0.180. The Bertz CT molecular complexity index is 659. The number of allylic oxidation sites excluding steroid dienone is 3. The highest BCUT2D eigenvalue weighted by atomic mass is 19.4. The van der Waals surface area contributed by atoms with Gasteiger partial charge in [0.2, 0.25) is 0 Å². The molecular formula is C18H25F3N4O2. The number of carbonyl (C=O) groups excluding carboxylic acids is 1. The molecule has 6 nitrogen and oxygen atoms in total. The summed E-state index contributed by atoms with van der Waals surface area (Å²) < 4.78 is 45.7. The van der Waals surface area contributed by atoms with E-state index in [0.717, 1.165) is 0 Å². The number of fused-ring (bicyclic) bond motifs is 1. The molecule has 3 aliphatic rings. The number of nitrogens with one attached hydrogen (secondary N) is 2. The molecule has 0 radical (unpaired) electrons. The highest BCUT2D eigenvalue weighted by Crippen LogP contribution is 2.34. The Kier molecular flexibility index (Phi) is 5.27. The molecule has 0 aromatic carbocycles. The molecular weight excluding hydrogens is 361 g/mol. The summed E-state index contributed by atoms with van der Waals surface area (Å²) >= 11 is 0. The summed E-state index contributed by atoms with van der Waals surface area (Å²) in [5, 5.41) is 5.29. The molecule has 0 saturated carbocycles. The van der Waals surface area contributed by atoms with Crippen LogP contribution in [0, 0.1) is 5.41 Å². The Balaban J connectivity index is 1.83. The van der Waals surface area contributed by atoms with Crippen LogP contribution >= 0.6 is 0 Å². The predicted octanol–water partition coefficient (Wildman–Crippen LogP) is 1.90. The summed E-state index contributed by atoms with van der Waals surface area (Å²) in [4.78, 5) is 16.7. The largest absolute Gasteiger partial charge is 0.409 e. The van der Waals surface area contributed by atoms with Crippen LogP contribution in [0.2, 0.25) is 0 Å². The topological polar surface area (TPSA) is 56.8 Å². The molecule has 0 aliphatic carbocycles. The summed E-state index contributed by atoms with van der Waals surface area (Å²) in [5.41, 5.74) is -0.462. The minimum Gasteiger partial charge on any atom is -0.379 e. The Morgan fingerprint density at radius 3 is 2.52 bits per heavy atom. The van der Waals surface area contributed by atoms with Gasteiger partial charge in [0.05, 0.1) is 18.9 Å². The van der Waals surface area contributed by atoms with Gasteiger partial charge in [0, 0.05) is 19.3 Å². The van der Waals surface area contributed by atoms with Crippen molar-refractivity contribution in [3.8, 4) is 0 Å². The van der Waals surface area contributed by atoms with Crippen molar-refractivity contribution in [3.63, 3.8) is 0 Å². The maximum atomic E-state index is 13.5. The van der Waals surface area contributed by atoms with Crippen LogP contribution < -0.4 is 10.6 Å². The van der Waals surface area contributed by atoms with Crippen LogP contribution in [0.1, 0.15) is 20.8 Å². The number of hydrogen-bond donors (Lipinski definition) is 2. The van der Waals surface area contributed by atoms with E-state index in [1.54, 1.807) is 12.2 Å². The number of carbonyl (C=O) groups is 1. The highest BCUT2D eigenvalue weighted by Gasteiger charge is 2.49. The van der Waals surface area contributed by atoms with Crippen molar-refractivity contribution in [2.75, 3.05) is 26.3 Å². The third-order valence-corrected chi connectivity index (χ3v) is 4.77. The molecule has 27 heavy (non-hydrogen) atoms. The number of amides is 1. The molecule has 1 amide bonds. The van der Waals surface area contributed by atoms with Crippen LogP contribution in [-0.2, 0) is 9.53 Å². The number of rotatable bonds is 3. The average Bonchev–Trinajstić information content (AvgIpc) is 2.98. The molecule has 3 heterocycles. The zero-order valence-corrected chi connectivity index (χ0v) is 15.6. The van der Waals surface area contributed by atoms with Crippen LogP contribution in [-0.4, -0.2) is 60.5 Å². The quantitative estimate of drug-likeness (QED) is 0.776. The first kappa shape index (κ1) is 19.8. The van der Waals surface area contributed by atoms with Gasteiger partial charge in [-0.3, -0.25) is 9.69 Å². The molecule has 150 valence electrons. The maximum Gasteiger partial charge on any atom is 0.409 e. The Morgan fingerprint density at radius 2 is 1.93 bits per heavy atom. The van der Waals surface area contributed by atoms with E-state index in [1.807, 2.05) is 17.2 Å². The van der Waals surface area contributed by atoms with Gasteiger partial charge in [-0.25, -0.2) is 0 Å². The molecule has 2 N–H and O–H groups in total. The van der Waals surface area contributed by atoms with E-state index in [0.29, 0.717) is 32.0 Å². The molecule has 0 bridgehead atoms. The molecule has 0 aromatic heterocycles. The summed E-state index contributed by atoms with van der Waals surface area (Å²) in [6, 6.07) is -1.95. The lowest BCUT2D eigenvalue weighted by atomic mass is 9.86. The summed E-state index contributed by atoms with van der Waals surface area (Å²) in [7, 11) is 0. The summed E-state index contributed by atoms with van der Waals surface area (Å²) in [5.74, 6) is -0.761. The zero-order valence-electron chi connectivity index (χ0n) is 15.6. The second kappa shape index (κ2) is 7.20. The van der Waals surface area contributed by atoms with E-state index in [-0.39, 0.29) is 12.0 Å². The van der Waals surface area contributed by atoms with Crippen molar-refractivity contribution < 1.29 is 22.7 Å². The second-order valence-electron chi connectivity index (χ2n) is 7.85. The zero-order chi connectivity index (χ0) is 19.8. The minimum absolute atomic E-state index is 0.144. The van der Waals surface area contributed by atoms with Crippen molar-refractivity contribution in [2.24, 2.45) is 5.41 Å². The third-order valence-electron chi connectivity index (χ3n) is 4.77. The van der Waals surface area contributed by atoms with E-state index in [9.17, 15) is 18.0 Å². The van der Waals surface area contributed by atoms with Gasteiger partial charge in [-0.1, -0.05) is 26.8 Å². The highest BCUT2D eigenvalue weighted by molar-refractivity contribution is 5.95. The predicted molar refractivity (Wildman–Crippen MR) is 93.9 cm³/mol. The lowest BCUT2D eigenvalue weighted by Crippen LogP contribution is -2.56. The van der Waals surface area contributed by atoms with Crippen LogP contribution in [0.25, 0.3) is 0 Å². The fourth-order valence-corrected chi connectivity index (χ4v) is 3.42. The summed E-state index contributed by atoms with van der Waals surface area (Å²) in [6.07, 6.45) is 2.25. The monoisotopic (exact) mass is 386 g/mol. The standard InChI is InChI=1S/C18H25F3N4O2/c1-17(2,3)15(18(19,20)21)23-14(26)13-12-6-4-5-7-25(12)16(22-13)24-8-10-27-11-9-24/h4-7,15-16,22H,8-11H2,1-3H3,(H,23,26)/t15-,16?/m0/s1. The van der Waals surface area contributed by atoms with Crippen LogP contribution in [0.15, 0.2) is 35.8 Å². The Hall–Kier alpha value is -2.00. The van der Waals surface area contributed by atoms with Crippen LogP contribution in [0.5, 0.6) is 0 Å². The van der Waals surface area contributed by atoms with Crippen molar-refractivity contribution in [3.05, 3.63) is 35.8 Å². The lowest BCUT2D eigenvalue weighted by Gasteiger charge is -2.37. The first-order valence-corrected chi connectivity index (χ1v) is 8.92. The molecule has 3 rings (SSSR count). The molecule has 9 heteroatoms. The number of alkyl halides is 3. The van der Waals surface area contributed by atoms with E-state index in [2.05, 4.69) is 15.5 Å². The van der Waals surface area contributed by atoms with Gasteiger partial charge in [-0.15, -0.1) is 0 Å². The fraction of sp³-hybridized carbons (Fsp3) is 0.611. The first-order chi connectivity index (χ1) is 12.6. The molecule has 1 unspecified atom stereocenters. The number of ether oxygens (including phenoxy) is 1. The molecule has 0 aromatic rings. The van der Waals surface area contributed by atoms with Crippen LogP contribution in [0.3, 0.4) is 0 Å². The average molecular weight is 386 g/mol. The molecule has 3 aliphatic heterocycles. The van der Waals surface area contributed by atoms with Crippen molar-refractivity contribution >= 4 is 5.91 Å². The fourth-order valence-electron chi connectivity index (χ4n) is 3.42. The molecule has 1 fully saturated rings. The van der Waals surface area contributed by atoms with Gasteiger partial charge in [0.25, 0.3) is 5.91 Å². The minimum atomic E-state index is -4.54. The molecule has 2 atom stereocenters. The van der Waals surface area contributed by atoms with Gasteiger partial charge in [-0.2, -0.15) is 13.2 Å². The maximum absolute atomic E-state index is 13.5. The van der Waals surface area contributed by atoms with E-state index in [4.69, 9.17) is 4.74 Å². The Labute approximate surface area is 156 Å². The second-order valence-corrected chi connectivity index (χ2v) is 7.85. The van der Waals surface area contributed by atoms with Crippen molar-refractivity contribution in [2.45, 2.75) is 39.3 Å².